The minimum atomic E-state index is -0.471. The maximum atomic E-state index is 13.1. The first-order valence-corrected chi connectivity index (χ1v) is 4.57. The Balaban J connectivity index is 2.87. The van der Waals surface area contributed by atoms with Gasteiger partial charge in [0.05, 0.1) is 5.69 Å². The summed E-state index contributed by atoms with van der Waals surface area (Å²) in [6.45, 7) is 4.84. The van der Waals surface area contributed by atoms with E-state index in [1.54, 1.807) is 12.1 Å². The number of nitrogens with zero attached hydrogens (tertiary/aromatic N) is 1. The third-order valence-corrected chi connectivity index (χ3v) is 1.83. The highest BCUT2D eigenvalue weighted by molar-refractivity contribution is 5.57. The van der Waals surface area contributed by atoms with E-state index < -0.39 is 5.82 Å². The van der Waals surface area contributed by atoms with E-state index in [1.165, 1.54) is 6.07 Å². The van der Waals surface area contributed by atoms with Gasteiger partial charge in [0, 0.05) is 6.54 Å². The number of anilines is 1. The summed E-state index contributed by atoms with van der Waals surface area (Å²) in [7, 11) is 0. The van der Waals surface area contributed by atoms with E-state index in [-0.39, 0.29) is 5.56 Å². The number of nitrogens with one attached hydrogen (secondary N) is 1. The van der Waals surface area contributed by atoms with Gasteiger partial charge in [0.1, 0.15) is 17.4 Å². The number of benzene rings is 1. The second-order valence-corrected chi connectivity index (χ2v) is 3.55. The standard InChI is InChI=1S/C11H13FN2/c1-8(2)7-14-11-5-3-4-10(12)9(11)6-13/h3-5,8,14H,7H2,1-2H3. The Hall–Kier alpha value is -1.56. The molecule has 0 atom stereocenters. The molecule has 1 rings (SSSR count). The molecule has 0 aliphatic rings. The summed E-state index contributed by atoms with van der Waals surface area (Å²) < 4.78 is 13.1. The molecule has 0 fully saturated rings. The van der Waals surface area contributed by atoms with Gasteiger partial charge < -0.3 is 5.32 Å². The highest BCUT2D eigenvalue weighted by Crippen LogP contribution is 2.17. The Labute approximate surface area is 83.4 Å². The van der Waals surface area contributed by atoms with Crippen LogP contribution in [0.3, 0.4) is 0 Å². The van der Waals surface area contributed by atoms with Gasteiger partial charge in [0.15, 0.2) is 0 Å². The molecule has 14 heavy (non-hydrogen) atoms. The zero-order valence-electron chi connectivity index (χ0n) is 8.34. The minimum absolute atomic E-state index is 0.0909. The Morgan fingerprint density at radius 2 is 2.21 bits per heavy atom. The van der Waals surface area contributed by atoms with E-state index in [9.17, 15) is 4.39 Å². The normalized spacial score (nSPS) is 9.93. The number of halogens is 1. The summed E-state index contributed by atoms with van der Waals surface area (Å²) in [5.41, 5.74) is 0.661. The molecule has 0 aliphatic heterocycles. The van der Waals surface area contributed by atoms with Gasteiger partial charge in [-0.3, -0.25) is 0 Å². The zero-order valence-corrected chi connectivity index (χ0v) is 8.34. The fraction of sp³-hybridized carbons (Fsp3) is 0.364. The molecule has 0 aliphatic carbocycles. The molecule has 0 unspecified atom stereocenters. The molecule has 0 saturated carbocycles. The van der Waals surface area contributed by atoms with Crippen LogP contribution >= 0.6 is 0 Å². The van der Waals surface area contributed by atoms with E-state index in [2.05, 4.69) is 19.2 Å². The van der Waals surface area contributed by atoms with Gasteiger partial charge in [-0.05, 0) is 18.1 Å². The first kappa shape index (κ1) is 10.5. The minimum Gasteiger partial charge on any atom is -0.384 e. The Bertz CT molecular complexity index is 353. The molecule has 0 aromatic heterocycles. The van der Waals surface area contributed by atoms with Crippen LogP contribution in [-0.4, -0.2) is 6.54 Å². The van der Waals surface area contributed by atoms with Crippen molar-refractivity contribution in [2.45, 2.75) is 13.8 Å². The Morgan fingerprint density at radius 1 is 1.50 bits per heavy atom. The van der Waals surface area contributed by atoms with E-state index in [4.69, 9.17) is 5.26 Å². The molecule has 0 bridgehead atoms. The lowest BCUT2D eigenvalue weighted by molar-refractivity contribution is 0.623. The van der Waals surface area contributed by atoms with Crippen LogP contribution in [0.15, 0.2) is 18.2 Å². The summed E-state index contributed by atoms with van der Waals surface area (Å²) in [5.74, 6) is -0.00827. The van der Waals surface area contributed by atoms with E-state index >= 15 is 0 Å². The third kappa shape index (κ3) is 2.46. The van der Waals surface area contributed by atoms with E-state index in [0.717, 1.165) is 6.54 Å². The van der Waals surface area contributed by atoms with Crippen LogP contribution < -0.4 is 5.32 Å². The lowest BCUT2D eigenvalue weighted by Crippen LogP contribution is -2.09. The van der Waals surface area contributed by atoms with Crippen molar-refractivity contribution < 1.29 is 4.39 Å². The average Bonchev–Trinajstić information content (AvgIpc) is 2.14. The zero-order chi connectivity index (χ0) is 10.6. The predicted molar refractivity (Wildman–Crippen MR) is 54.4 cm³/mol. The molecule has 0 saturated heterocycles. The fourth-order valence-electron chi connectivity index (χ4n) is 1.10. The van der Waals surface area contributed by atoms with Gasteiger partial charge >= 0.3 is 0 Å². The average molecular weight is 192 g/mol. The quantitative estimate of drug-likeness (QED) is 0.799. The van der Waals surface area contributed by atoms with Crippen molar-refractivity contribution in [3.8, 4) is 6.07 Å². The molecule has 0 heterocycles. The molecular formula is C11H13FN2. The second-order valence-electron chi connectivity index (χ2n) is 3.55. The van der Waals surface area contributed by atoms with Gasteiger partial charge in [0.25, 0.3) is 0 Å². The van der Waals surface area contributed by atoms with Crippen molar-refractivity contribution in [1.82, 2.24) is 0 Å². The number of hydrogen-bond donors (Lipinski definition) is 1. The predicted octanol–water partition coefficient (Wildman–Crippen LogP) is 2.77. The fourth-order valence-corrected chi connectivity index (χ4v) is 1.10. The summed E-state index contributed by atoms with van der Waals surface area (Å²) in [6, 6.07) is 6.45. The van der Waals surface area contributed by atoms with Crippen molar-refractivity contribution in [2.75, 3.05) is 11.9 Å². The summed E-state index contributed by atoms with van der Waals surface area (Å²) in [5, 5.41) is 11.8. The van der Waals surface area contributed by atoms with Crippen LogP contribution in [0, 0.1) is 23.1 Å². The van der Waals surface area contributed by atoms with E-state index in [0.29, 0.717) is 11.6 Å². The summed E-state index contributed by atoms with van der Waals surface area (Å²) in [6.07, 6.45) is 0. The smallest absolute Gasteiger partial charge is 0.143 e. The van der Waals surface area contributed by atoms with E-state index in [1.807, 2.05) is 6.07 Å². The molecule has 74 valence electrons. The monoisotopic (exact) mass is 192 g/mol. The third-order valence-electron chi connectivity index (χ3n) is 1.83. The molecular weight excluding hydrogens is 179 g/mol. The lowest BCUT2D eigenvalue weighted by Gasteiger charge is -2.10. The van der Waals surface area contributed by atoms with Gasteiger partial charge in [-0.1, -0.05) is 19.9 Å². The van der Waals surface area contributed by atoms with Crippen molar-refractivity contribution >= 4 is 5.69 Å². The number of rotatable bonds is 3. The van der Waals surface area contributed by atoms with Crippen molar-refractivity contribution in [3.63, 3.8) is 0 Å². The number of hydrogen-bond acceptors (Lipinski definition) is 2. The largest absolute Gasteiger partial charge is 0.384 e. The second kappa shape index (κ2) is 4.61. The molecule has 0 spiro atoms. The highest BCUT2D eigenvalue weighted by Gasteiger charge is 2.06. The Morgan fingerprint density at radius 3 is 2.79 bits per heavy atom. The Kier molecular flexibility index (Phi) is 3.47. The summed E-state index contributed by atoms with van der Waals surface area (Å²) in [4.78, 5) is 0. The lowest BCUT2D eigenvalue weighted by atomic mass is 10.1. The highest BCUT2D eigenvalue weighted by atomic mass is 19.1. The molecule has 1 N–H and O–H groups in total. The topological polar surface area (TPSA) is 35.8 Å². The van der Waals surface area contributed by atoms with Crippen LogP contribution in [0.5, 0.6) is 0 Å². The van der Waals surface area contributed by atoms with Gasteiger partial charge in [-0.2, -0.15) is 5.26 Å². The van der Waals surface area contributed by atoms with Gasteiger partial charge in [-0.15, -0.1) is 0 Å². The van der Waals surface area contributed by atoms with Gasteiger partial charge in [-0.25, -0.2) is 4.39 Å². The maximum Gasteiger partial charge on any atom is 0.143 e. The van der Waals surface area contributed by atoms with Crippen LogP contribution in [0.4, 0.5) is 10.1 Å². The first-order chi connectivity index (χ1) is 6.65. The van der Waals surface area contributed by atoms with Crippen molar-refractivity contribution in [3.05, 3.63) is 29.6 Å². The molecule has 3 heteroatoms. The van der Waals surface area contributed by atoms with Gasteiger partial charge in [0.2, 0.25) is 0 Å². The van der Waals surface area contributed by atoms with Crippen molar-refractivity contribution in [1.29, 1.82) is 5.26 Å². The molecule has 0 radical (unpaired) electrons. The maximum absolute atomic E-state index is 13.1. The van der Waals surface area contributed by atoms with Crippen molar-refractivity contribution in [2.24, 2.45) is 5.92 Å². The molecule has 2 nitrogen and oxygen atoms in total. The number of nitriles is 1. The van der Waals surface area contributed by atoms with Crippen LogP contribution in [-0.2, 0) is 0 Å². The molecule has 1 aromatic carbocycles. The molecule has 1 aromatic rings. The SMILES string of the molecule is CC(C)CNc1cccc(F)c1C#N. The van der Waals surface area contributed by atoms with Crippen LogP contribution in [0.1, 0.15) is 19.4 Å². The first-order valence-electron chi connectivity index (χ1n) is 4.57. The van der Waals surface area contributed by atoms with Crippen LogP contribution in [0.25, 0.3) is 0 Å². The van der Waals surface area contributed by atoms with Crippen LogP contribution in [0.2, 0.25) is 0 Å². The summed E-state index contributed by atoms with van der Waals surface area (Å²) >= 11 is 0. The molecule has 0 amide bonds.